The molecule has 0 spiro atoms. The second kappa shape index (κ2) is 5.69. The standard InChI is InChI=1S/C14H17BrN4S/c1-8-12(16)18-14(9-2-3-9)19-13(8)17-7-6-10-4-5-11(15)20-10/h4-5,9H,2-3,6-7H2,1H3,(H3,16,17,18,19). The summed E-state index contributed by atoms with van der Waals surface area (Å²) in [5, 5.41) is 3.39. The highest BCUT2D eigenvalue weighted by atomic mass is 79.9. The number of nitrogens with two attached hydrogens (primary N) is 1. The number of aromatic nitrogens is 2. The molecule has 20 heavy (non-hydrogen) atoms. The Bertz CT molecular complexity index is 622. The first-order valence-corrected chi connectivity index (χ1v) is 8.36. The Morgan fingerprint density at radius 3 is 2.85 bits per heavy atom. The van der Waals surface area contributed by atoms with E-state index in [0.29, 0.717) is 11.7 Å². The molecule has 0 amide bonds. The molecule has 1 fully saturated rings. The molecule has 0 saturated heterocycles. The molecule has 2 aromatic heterocycles. The van der Waals surface area contributed by atoms with E-state index in [-0.39, 0.29) is 0 Å². The van der Waals surface area contributed by atoms with Crippen LogP contribution >= 0.6 is 27.3 Å². The first-order valence-electron chi connectivity index (χ1n) is 6.75. The molecule has 1 saturated carbocycles. The van der Waals surface area contributed by atoms with E-state index < -0.39 is 0 Å². The molecule has 0 aromatic carbocycles. The molecule has 1 aliphatic rings. The molecule has 0 aliphatic heterocycles. The third kappa shape index (κ3) is 3.12. The molecule has 4 nitrogen and oxygen atoms in total. The monoisotopic (exact) mass is 352 g/mol. The van der Waals surface area contributed by atoms with Gasteiger partial charge in [0, 0.05) is 22.9 Å². The lowest BCUT2D eigenvalue weighted by Gasteiger charge is -2.11. The summed E-state index contributed by atoms with van der Waals surface area (Å²) in [6, 6.07) is 4.23. The van der Waals surface area contributed by atoms with Crippen molar-refractivity contribution >= 4 is 38.9 Å². The van der Waals surface area contributed by atoms with Crippen LogP contribution in [0.3, 0.4) is 0 Å². The smallest absolute Gasteiger partial charge is 0.136 e. The highest BCUT2D eigenvalue weighted by Crippen LogP contribution is 2.39. The van der Waals surface area contributed by atoms with E-state index in [1.54, 1.807) is 11.3 Å². The third-order valence-corrected chi connectivity index (χ3v) is 5.12. The number of anilines is 2. The van der Waals surface area contributed by atoms with Crippen molar-refractivity contribution in [2.24, 2.45) is 0 Å². The summed E-state index contributed by atoms with van der Waals surface area (Å²) in [4.78, 5) is 10.4. The van der Waals surface area contributed by atoms with Gasteiger partial charge in [0.05, 0.1) is 3.79 Å². The van der Waals surface area contributed by atoms with Gasteiger partial charge < -0.3 is 11.1 Å². The molecule has 0 radical (unpaired) electrons. The van der Waals surface area contributed by atoms with Crippen molar-refractivity contribution < 1.29 is 0 Å². The zero-order valence-electron chi connectivity index (χ0n) is 11.3. The van der Waals surface area contributed by atoms with Crippen molar-refractivity contribution in [3.8, 4) is 0 Å². The van der Waals surface area contributed by atoms with Gasteiger partial charge in [0.25, 0.3) is 0 Å². The van der Waals surface area contributed by atoms with Crippen LogP contribution in [0.1, 0.15) is 35.0 Å². The molecular weight excluding hydrogens is 336 g/mol. The Morgan fingerprint density at radius 2 is 2.20 bits per heavy atom. The minimum absolute atomic E-state index is 0.520. The second-order valence-corrected chi connectivity index (χ2v) is 7.65. The second-order valence-electron chi connectivity index (χ2n) is 5.10. The molecule has 1 aliphatic carbocycles. The van der Waals surface area contributed by atoms with Gasteiger partial charge in [0.2, 0.25) is 0 Å². The van der Waals surface area contributed by atoms with Crippen LogP contribution in [0, 0.1) is 6.92 Å². The molecule has 2 aromatic rings. The van der Waals surface area contributed by atoms with Crippen LogP contribution in [0.4, 0.5) is 11.6 Å². The Kier molecular flexibility index (Phi) is 3.94. The van der Waals surface area contributed by atoms with Crippen molar-refractivity contribution in [1.82, 2.24) is 9.97 Å². The Balaban J connectivity index is 1.67. The van der Waals surface area contributed by atoms with E-state index in [4.69, 9.17) is 5.73 Å². The van der Waals surface area contributed by atoms with E-state index in [0.717, 1.165) is 30.2 Å². The lowest BCUT2D eigenvalue weighted by Crippen LogP contribution is -2.11. The van der Waals surface area contributed by atoms with Gasteiger partial charge in [0.15, 0.2) is 0 Å². The van der Waals surface area contributed by atoms with Crippen LogP contribution in [-0.4, -0.2) is 16.5 Å². The number of hydrogen-bond acceptors (Lipinski definition) is 5. The first kappa shape index (κ1) is 13.8. The molecular formula is C14H17BrN4S. The van der Waals surface area contributed by atoms with Crippen LogP contribution in [0.25, 0.3) is 0 Å². The summed E-state index contributed by atoms with van der Waals surface area (Å²) in [5.41, 5.74) is 6.92. The van der Waals surface area contributed by atoms with Crippen LogP contribution < -0.4 is 11.1 Å². The summed E-state index contributed by atoms with van der Waals surface area (Å²) in [6.07, 6.45) is 3.36. The van der Waals surface area contributed by atoms with Crippen molar-refractivity contribution in [2.45, 2.75) is 32.1 Å². The predicted octanol–water partition coefficient (Wildman–Crippen LogP) is 3.72. The van der Waals surface area contributed by atoms with Crippen LogP contribution in [-0.2, 0) is 6.42 Å². The summed E-state index contributed by atoms with van der Waals surface area (Å²) >= 11 is 5.25. The molecule has 0 unspecified atom stereocenters. The van der Waals surface area contributed by atoms with Crippen molar-refractivity contribution in [1.29, 1.82) is 0 Å². The van der Waals surface area contributed by atoms with Gasteiger partial charge in [-0.25, -0.2) is 9.97 Å². The Labute approximate surface area is 131 Å². The average molecular weight is 353 g/mol. The van der Waals surface area contributed by atoms with Gasteiger partial charge in [-0.2, -0.15) is 0 Å². The van der Waals surface area contributed by atoms with Crippen molar-refractivity contribution in [2.75, 3.05) is 17.6 Å². The number of nitrogen functional groups attached to an aromatic ring is 1. The zero-order valence-corrected chi connectivity index (χ0v) is 13.7. The van der Waals surface area contributed by atoms with E-state index in [9.17, 15) is 0 Å². The molecule has 3 rings (SSSR count). The number of rotatable bonds is 5. The molecule has 3 N–H and O–H groups in total. The number of thiophene rings is 1. The molecule has 2 heterocycles. The quantitative estimate of drug-likeness (QED) is 0.860. The molecule has 6 heteroatoms. The maximum Gasteiger partial charge on any atom is 0.136 e. The normalized spacial score (nSPS) is 14.5. The van der Waals surface area contributed by atoms with E-state index in [1.165, 1.54) is 21.5 Å². The van der Waals surface area contributed by atoms with Gasteiger partial charge in [-0.1, -0.05) is 0 Å². The Morgan fingerprint density at radius 1 is 1.40 bits per heavy atom. The van der Waals surface area contributed by atoms with Crippen LogP contribution in [0.15, 0.2) is 15.9 Å². The summed E-state index contributed by atoms with van der Waals surface area (Å²) in [7, 11) is 0. The van der Waals surface area contributed by atoms with Gasteiger partial charge >= 0.3 is 0 Å². The van der Waals surface area contributed by atoms with Crippen molar-refractivity contribution in [3.63, 3.8) is 0 Å². The van der Waals surface area contributed by atoms with E-state index >= 15 is 0 Å². The number of nitrogens with zero attached hydrogens (tertiary/aromatic N) is 2. The van der Waals surface area contributed by atoms with Crippen molar-refractivity contribution in [3.05, 3.63) is 32.2 Å². The number of nitrogens with one attached hydrogen (secondary N) is 1. The molecule has 0 bridgehead atoms. The van der Waals surface area contributed by atoms with Gasteiger partial charge in [-0.15, -0.1) is 11.3 Å². The lowest BCUT2D eigenvalue weighted by atomic mass is 10.2. The van der Waals surface area contributed by atoms with E-state index in [1.807, 2.05) is 6.92 Å². The largest absolute Gasteiger partial charge is 0.383 e. The lowest BCUT2D eigenvalue weighted by molar-refractivity contribution is 0.913. The third-order valence-electron chi connectivity index (χ3n) is 3.44. The average Bonchev–Trinajstić information content (AvgIpc) is 3.18. The fourth-order valence-electron chi connectivity index (χ4n) is 2.04. The van der Waals surface area contributed by atoms with Crippen LogP contribution in [0.5, 0.6) is 0 Å². The fraction of sp³-hybridized carbons (Fsp3) is 0.429. The predicted molar refractivity (Wildman–Crippen MR) is 87.4 cm³/mol. The minimum Gasteiger partial charge on any atom is -0.383 e. The molecule has 0 atom stereocenters. The fourth-order valence-corrected chi connectivity index (χ4v) is 3.52. The number of hydrogen-bond donors (Lipinski definition) is 2. The summed E-state index contributed by atoms with van der Waals surface area (Å²) < 4.78 is 1.17. The molecule has 106 valence electrons. The minimum atomic E-state index is 0.520. The van der Waals surface area contributed by atoms with Gasteiger partial charge in [0.1, 0.15) is 17.5 Å². The highest BCUT2D eigenvalue weighted by molar-refractivity contribution is 9.11. The first-order chi connectivity index (χ1) is 9.63. The maximum atomic E-state index is 5.98. The summed E-state index contributed by atoms with van der Waals surface area (Å²) in [6.45, 7) is 2.82. The van der Waals surface area contributed by atoms with Crippen LogP contribution in [0.2, 0.25) is 0 Å². The number of halogens is 1. The Hall–Kier alpha value is -1.14. The van der Waals surface area contributed by atoms with Gasteiger partial charge in [-0.05, 0) is 54.2 Å². The van der Waals surface area contributed by atoms with E-state index in [2.05, 4.69) is 43.3 Å². The SMILES string of the molecule is Cc1c(N)nc(C2CC2)nc1NCCc1ccc(Br)s1. The highest BCUT2D eigenvalue weighted by Gasteiger charge is 2.27. The van der Waals surface area contributed by atoms with Gasteiger partial charge in [-0.3, -0.25) is 0 Å². The maximum absolute atomic E-state index is 5.98. The zero-order chi connectivity index (χ0) is 14.1. The summed E-state index contributed by atoms with van der Waals surface area (Å²) in [5.74, 6) is 2.90. The topological polar surface area (TPSA) is 63.8 Å².